The molecule has 0 spiro atoms. The van der Waals surface area contributed by atoms with Crippen LogP contribution < -0.4 is 0 Å². The zero-order chi connectivity index (χ0) is 10.2. The molecular weight excluding hydrogens is 180 g/mol. The van der Waals surface area contributed by atoms with Gasteiger partial charge in [-0.15, -0.1) is 0 Å². The lowest BCUT2D eigenvalue weighted by atomic mass is 10.3. The van der Waals surface area contributed by atoms with Crippen LogP contribution in [0.3, 0.4) is 0 Å². The Hall–Kier alpha value is -0.630. The van der Waals surface area contributed by atoms with Crippen LogP contribution in [0.5, 0.6) is 0 Å². The molecule has 1 aliphatic heterocycles. The van der Waals surface area contributed by atoms with Crippen LogP contribution in [0.4, 0.5) is 0 Å². The summed E-state index contributed by atoms with van der Waals surface area (Å²) in [6, 6.07) is 2.08. The summed E-state index contributed by atoms with van der Waals surface area (Å²) < 4.78 is 10.9. The molecule has 1 saturated heterocycles. The number of nitriles is 1. The van der Waals surface area contributed by atoms with Gasteiger partial charge in [0.15, 0.2) is 0 Å². The fourth-order valence-electron chi connectivity index (χ4n) is 1.59. The van der Waals surface area contributed by atoms with Gasteiger partial charge in [-0.25, -0.2) is 0 Å². The first-order valence-electron chi connectivity index (χ1n) is 5.18. The Morgan fingerprint density at radius 1 is 1.50 bits per heavy atom. The fraction of sp³-hybridized carbons (Fsp3) is 0.900. The molecule has 1 fully saturated rings. The summed E-state index contributed by atoms with van der Waals surface area (Å²) >= 11 is 0. The van der Waals surface area contributed by atoms with Gasteiger partial charge >= 0.3 is 0 Å². The van der Waals surface area contributed by atoms with Crippen LogP contribution >= 0.6 is 0 Å². The highest BCUT2D eigenvalue weighted by atomic mass is 16.5. The maximum absolute atomic E-state index is 8.40. The van der Waals surface area contributed by atoms with Crippen LogP contribution in [-0.4, -0.2) is 44.0 Å². The lowest BCUT2D eigenvalue weighted by molar-refractivity contribution is -0.0959. The van der Waals surface area contributed by atoms with Crippen molar-refractivity contribution in [1.29, 1.82) is 5.26 Å². The SMILES string of the molecule is CCC(OCCC#N)N1CCOCC1. The van der Waals surface area contributed by atoms with Gasteiger partial charge in [-0.3, -0.25) is 4.90 Å². The lowest BCUT2D eigenvalue weighted by Crippen LogP contribution is -2.44. The number of nitrogens with zero attached hydrogens (tertiary/aromatic N) is 2. The molecule has 1 heterocycles. The van der Waals surface area contributed by atoms with Crippen molar-refractivity contribution in [3.63, 3.8) is 0 Å². The number of rotatable bonds is 5. The minimum absolute atomic E-state index is 0.159. The van der Waals surface area contributed by atoms with Crippen LogP contribution in [0.25, 0.3) is 0 Å². The van der Waals surface area contributed by atoms with E-state index in [0.717, 1.165) is 32.7 Å². The molecule has 0 aliphatic carbocycles. The van der Waals surface area contributed by atoms with E-state index in [9.17, 15) is 0 Å². The third-order valence-corrected chi connectivity index (χ3v) is 2.33. The molecule has 4 heteroatoms. The van der Waals surface area contributed by atoms with Crippen LogP contribution in [-0.2, 0) is 9.47 Å². The third kappa shape index (κ3) is 3.62. The van der Waals surface area contributed by atoms with Gasteiger partial charge in [0.2, 0.25) is 0 Å². The molecule has 0 bridgehead atoms. The molecule has 0 radical (unpaired) electrons. The Kier molecular flexibility index (Phi) is 5.53. The van der Waals surface area contributed by atoms with Crippen LogP contribution in [0.15, 0.2) is 0 Å². The number of hydrogen-bond acceptors (Lipinski definition) is 4. The molecular formula is C10H18N2O2. The van der Waals surface area contributed by atoms with Gasteiger partial charge in [0, 0.05) is 13.1 Å². The van der Waals surface area contributed by atoms with E-state index in [1.165, 1.54) is 0 Å². The molecule has 0 amide bonds. The van der Waals surface area contributed by atoms with Gasteiger partial charge in [0.25, 0.3) is 0 Å². The maximum atomic E-state index is 8.40. The molecule has 1 aliphatic rings. The lowest BCUT2D eigenvalue weighted by Gasteiger charge is -2.33. The molecule has 1 unspecified atom stereocenters. The van der Waals surface area contributed by atoms with E-state index in [-0.39, 0.29) is 6.23 Å². The predicted octanol–water partition coefficient (Wildman–Crippen LogP) is 0.985. The summed E-state index contributed by atoms with van der Waals surface area (Å²) in [7, 11) is 0. The second-order valence-electron chi connectivity index (χ2n) is 3.29. The molecule has 0 saturated carbocycles. The largest absolute Gasteiger partial charge is 0.379 e. The van der Waals surface area contributed by atoms with Crippen molar-refractivity contribution in [1.82, 2.24) is 4.90 Å². The van der Waals surface area contributed by atoms with E-state index in [0.29, 0.717) is 13.0 Å². The second-order valence-corrected chi connectivity index (χ2v) is 3.29. The van der Waals surface area contributed by atoms with Crippen LogP contribution in [0.2, 0.25) is 0 Å². The van der Waals surface area contributed by atoms with Crippen LogP contribution in [0, 0.1) is 11.3 Å². The van der Waals surface area contributed by atoms with Gasteiger partial charge in [-0.1, -0.05) is 6.92 Å². The zero-order valence-electron chi connectivity index (χ0n) is 8.74. The minimum Gasteiger partial charge on any atom is -0.379 e. The summed E-state index contributed by atoms with van der Waals surface area (Å²) in [5.74, 6) is 0. The Bertz CT molecular complexity index is 185. The molecule has 0 N–H and O–H groups in total. The topological polar surface area (TPSA) is 45.5 Å². The van der Waals surface area contributed by atoms with E-state index in [1.54, 1.807) is 0 Å². The Morgan fingerprint density at radius 2 is 2.21 bits per heavy atom. The molecule has 0 aromatic carbocycles. The second kappa shape index (κ2) is 6.77. The summed E-state index contributed by atoms with van der Waals surface area (Å²) in [5.41, 5.74) is 0. The van der Waals surface area contributed by atoms with E-state index >= 15 is 0 Å². The predicted molar refractivity (Wildman–Crippen MR) is 52.7 cm³/mol. The average molecular weight is 198 g/mol. The van der Waals surface area contributed by atoms with Gasteiger partial charge in [0.05, 0.1) is 32.3 Å². The third-order valence-electron chi connectivity index (χ3n) is 2.33. The van der Waals surface area contributed by atoms with Crippen molar-refractivity contribution in [2.24, 2.45) is 0 Å². The Balaban J connectivity index is 2.25. The molecule has 1 atom stereocenters. The van der Waals surface area contributed by atoms with Crippen molar-refractivity contribution in [3.05, 3.63) is 0 Å². The van der Waals surface area contributed by atoms with Crippen molar-refractivity contribution in [3.8, 4) is 6.07 Å². The van der Waals surface area contributed by atoms with Gasteiger partial charge in [-0.2, -0.15) is 5.26 Å². The molecule has 4 nitrogen and oxygen atoms in total. The first-order chi connectivity index (χ1) is 6.88. The Labute approximate surface area is 85.4 Å². The quantitative estimate of drug-likeness (QED) is 0.618. The smallest absolute Gasteiger partial charge is 0.110 e. The molecule has 14 heavy (non-hydrogen) atoms. The summed E-state index contributed by atoms with van der Waals surface area (Å²) in [4.78, 5) is 2.28. The van der Waals surface area contributed by atoms with Gasteiger partial charge in [0.1, 0.15) is 6.23 Å². The highest BCUT2D eigenvalue weighted by Crippen LogP contribution is 2.08. The normalized spacial score (nSPS) is 20.3. The van der Waals surface area contributed by atoms with E-state index < -0.39 is 0 Å². The summed E-state index contributed by atoms with van der Waals surface area (Å²) in [6.45, 7) is 6.09. The highest BCUT2D eigenvalue weighted by molar-refractivity contribution is 4.70. The van der Waals surface area contributed by atoms with Crippen molar-refractivity contribution < 1.29 is 9.47 Å². The number of hydrogen-bond donors (Lipinski definition) is 0. The number of ether oxygens (including phenoxy) is 2. The molecule has 0 aromatic heterocycles. The minimum atomic E-state index is 0.159. The van der Waals surface area contributed by atoms with Crippen molar-refractivity contribution in [2.45, 2.75) is 26.0 Å². The standard InChI is InChI=1S/C10H18N2O2/c1-2-10(14-7-3-4-11)12-5-8-13-9-6-12/h10H,2-3,5-9H2,1H3. The maximum Gasteiger partial charge on any atom is 0.110 e. The summed E-state index contributed by atoms with van der Waals surface area (Å²) in [6.07, 6.45) is 1.60. The van der Waals surface area contributed by atoms with E-state index in [4.69, 9.17) is 14.7 Å². The number of morpholine rings is 1. The van der Waals surface area contributed by atoms with E-state index in [1.807, 2.05) is 0 Å². The zero-order valence-corrected chi connectivity index (χ0v) is 8.74. The van der Waals surface area contributed by atoms with Gasteiger partial charge in [-0.05, 0) is 6.42 Å². The Morgan fingerprint density at radius 3 is 2.79 bits per heavy atom. The fourth-order valence-corrected chi connectivity index (χ4v) is 1.59. The first kappa shape index (κ1) is 11.4. The first-order valence-corrected chi connectivity index (χ1v) is 5.18. The highest BCUT2D eigenvalue weighted by Gasteiger charge is 2.19. The molecule has 0 aromatic rings. The van der Waals surface area contributed by atoms with Crippen molar-refractivity contribution >= 4 is 0 Å². The van der Waals surface area contributed by atoms with E-state index in [2.05, 4.69) is 17.9 Å². The molecule has 1 rings (SSSR count). The van der Waals surface area contributed by atoms with Gasteiger partial charge < -0.3 is 9.47 Å². The van der Waals surface area contributed by atoms with Crippen molar-refractivity contribution in [2.75, 3.05) is 32.9 Å². The van der Waals surface area contributed by atoms with Crippen LogP contribution in [0.1, 0.15) is 19.8 Å². The monoisotopic (exact) mass is 198 g/mol. The summed E-state index contributed by atoms with van der Waals surface area (Å²) in [5, 5.41) is 8.40. The average Bonchev–Trinajstić information content (AvgIpc) is 2.26. The molecule has 80 valence electrons.